The van der Waals surface area contributed by atoms with Crippen LogP contribution in [0.2, 0.25) is 0 Å². The van der Waals surface area contributed by atoms with Crippen molar-refractivity contribution in [2.45, 2.75) is 19.4 Å². The summed E-state index contributed by atoms with van der Waals surface area (Å²) in [5, 5.41) is 19.6. The number of fused-ring (bicyclic) bond motifs is 1. The molecule has 1 unspecified atom stereocenters. The molecule has 28 heavy (non-hydrogen) atoms. The van der Waals surface area contributed by atoms with Gasteiger partial charge in [-0.25, -0.2) is 4.79 Å². The monoisotopic (exact) mass is 386 g/mol. The molecule has 3 rings (SSSR count). The van der Waals surface area contributed by atoms with E-state index in [0.29, 0.717) is 32.7 Å². The molecule has 1 amide bonds. The van der Waals surface area contributed by atoms with E-state index in [2.05, 4.69) is 0 Å². The fourth-order valence-corrected chi connectivity index (χ4v) is 3.41. The van der Waals surface area contributed by atoms with E-state index in [1.54, 1.807) is 0 Å². The molecule has 0 spiro atoms. The van der Waals surface area contributed by atoms with Gasteiger partial charge in [-0.15, -0.1) is 0 Å². The van der Waals surface area contributed by atoms with Crippen molar-refractivity contribution in [2.75, 3.05) is 26.3 Å². The van der Waals surface area contributed by atoms with Crippen molar-refractivity contribution in [1.29, 1.82) is 0 Å². The number of amides is 1. The number of carboxylic acid groups (broad SMARTS) is 1. The Morgan fingerprint density at radius 1 is 1.25 bits per heavy atom. The van der Waals surface area contributed by atoms with Crippen LogP contribution in [-0.4, -0.2) is 57.9 Å². The molecule has 0 aliphatic carbocycles. The zero-order valence-electron chi connectivity index (χ0n) is 15.5. The number of benzene rings is 1. The largest absolute Gasteiger partial charge is 0.503 e. The minimum atomic E-state index is -1.44. The summed E-state index contributed by atoms with van der Waals surface area (Å²) in [6, 6.07) is 9.20. The van der Waals surface area contributed by atoms with E-state index in [-0.39, 0.29) is 11.7 Å². The fraction of sp³-hybridized carbons (Fsp3) is 0.350. The van der Waals surface area contributed by atoms with Crippen molar-refractivity contribution >= 4 is 11.9 Å². The summed E-state index contributed by atoms with van der Waals surface area (Å²) < 4.78 is 6.75. The number of aromatic nitrogens is 1. The Morgan fingerprint density at radius 3 is 2.61 bits per heavy atom. The number of hydrogen-bond acceptors (Lipinski definition) is 5. The lowest BCUT2D eigenvalue weighted by Crippen LogP contribution is -2.46. The van der Waals surface area contributed by atoms with E-state index in [0.717, 1.165) is 11.8 Å². The first-order valence-corrected chi connectivity index (χ1v) is 9.06. The van der Waals surface area contributed by atoms with Crippen LogP contribution in [0.4, 0.5) is 0 Å². The second-order valence-electron chi connectivity index (χ2n) is 6.57. The molecule has 8 nitrogen and oxygen atoms in total. The van der Waals surface area contributed by atoms with Gasteiger partial charge >= 0.3 is 5.97 Å². The molecule has 8 heteroatoms. The second-order valence-corrected chi connectivity index (χ2v) is 6.57. The Balaban J connectivity index is 2.06. The van der Waals surface area contributed by atoms with E-state index < -0.39 is 28.6 Å². The van der Waals surface area contributed by atoms with Gasteiger partial charge in [0.15, 0.2) is 11.4 Å². The number of rotatable bonds is 7. The van der Waals surface area contributed by atoms with Crippen LogP contribution >= 0.6 is 0 Å². The quantitative estimate of drug-likeness (QED) is 0.699. The molecular formula is C20H22N2O6. The summed E-state index contributed by atoms with van der Waals surface area (Å²) >= 11 is 0. The van der Waals surface area contributed by atoms with Crippen LogP contribution in [0.1, 0.15) is 39.4 Å². The van der Waals surface area contributed by atoms with Gasteiger partial charge in [0.2, 0.25) is 5.43 Å². The number of carbonyl (C=O) groups is 2. The maximum Gasteiger partial charge on any atom is 0.341 e. The lowest BCUT2D eigenvalue weighted by Gasteiger charge is -2.36. The van der Waals surface area contributed by atoms with Gasteiger partial charge in [0.05, 0.1) is 12.6 Å². The number of hydrogen-bond donors (Lipinski definition) is 2. The number of nitrogens with zero attached hydrogens (tertiary/aromatic N) is 2. The average Bonchev–Trinajstić information content (AvgIpc) is 2.68. The van der Waals surface area contributed by atoms with Crippen molar-refractivity contribution in [2.24, 2.45) is 0 Å². The van der Waals surface area contributed by atoms with Crippen LogP contribution in [0.25, 0.3) is 0 Å². The first-order chi connectivity index (χ1) is 13.4. The number of carbonyl (C=O) groups excluding carboxylic acids is 1. The summed E-state index contributed by atoms with van der Waals surface area (Å²) in [4.78, 5) is 38.0. The number of aromatic hydroxyl groups is 1. The van der Waals surface area contributed by atoms with Gasteiger partial charge < -0.3 is 24.4 Å². The minimum Gasteiger partial charge on any atom is -0.503 e. The van der Waals surface area contributed by atoms with Crippen LogP contribution in [0.15, 0.2) is 41.3 Å². The van der Waals surface area contributed by atoms with Gasteiger partial charge in [-0.05, 0) is 18.9 Å². The SMILES string of the molecule is CCOCCN1CC(Cc2ccccc2)n2cc(C(=O)O)c(=O)c(O)c2C1=O. The molecule has 2 N–H and O–H groups in total. The van der Waals surface area contributed by atoms with E-state index >= 15 is 0 Å². The predicted octanol–water partition coefficient (Wildman–Crippen LogP) is 1.53. The van der Waals surface area contributed by atoms with Crippen molar-refractivity contribution < 1.29 is 24.5 Å². The van der Waals surface area contributed by atoms with Crippen molar-refractivity contribution in [3.05, 3.63) is 63.6 Å². The summed E-state index contributed by atoms with van der Waals surface area (Å²) in [5.74, 6) is -2.79. The van der Waals surface area contributed by atoms with Crippen molar-refractivity contribution in [3.8, 4) is 5.75 Å². The normalized spacial score (nSPS) is 16.1. The Bertz CT molecular complexity index is 938. The highest BCUT2D eigenvalue weighted by molar-refractivity contribution is 5.97. The van der Waals surface area contributed by atoms with Gasteiger partial charge in [0.25, 0.3) is 5.91 Å². The van der Waals surface area contributed by atoms with Gasteiger partial charge in [-0.2, -0.15) is 0 Å². The first-order valence-electron chi connectivity index (χ1n) is 9.06. The van der Waals surface area contributed by atoms with Crippen LogP contribution in [0.3, 0.4) is 0 Å². The Morgan fingerprint density at radius 2 is 1.96 bits per heavy atom. The van der Waals surface area contributed by atoms with Crippen LogP contribution < -0.4 is 5.43 Å². The van der Waals surface area contributed by atoms with Gasteiger partial charge in [-0.3, -0.25) is 9.59 Å². The number of ether oxygens (including phenoxy) is 1. The standard InChI is InChI=1S/C20H22N2O6/c1-2-28-9-8-21-11-14(10-13-6-4-3-5-7-13)22-12-15(20(26)27)17(23)18(24)16(22)19(21)25/h3-7,12,14,24H,2,8-11H2,1H3,(H,26,27). The molecule has 1 aromatic heterocycles. The zero-order chi connectivity index (χ0) is 20.3. The van der Waals surface area contributed by atoms with Crippen LogP contribution in [0.5, 0.6) is 5.75 Å². The smallest absolute Gasteiger partial charge is 0.341 e. The molecule has 2 heterocycles. The van der Waals surface area contributed by atoms with Crippen LogP contribution in [0, 0.1) is 0 Å². The molecule has 1 aliphatic heterocycles. The van der Waals surface area contributed by atoms with Gasteiger partial charge in [-0.1, -0.05) is 30.3 Å². The molecule has 1 atom stereocenters. The lowest BCUT2D eigenvalue weighted by atomic mass is 10.0. The maximum absolute atomic E-state index is 12.9. The van der Waals surface area contributed by atoms with Crippen LogP contribution in [-0.2, 0) is 11.2 Å². The number of pyridine rings is 1. The van der Waals surface area contributed by atoms with Crippen molar-refractivity contribution in [1.82, 2.24) is 9.47 Å². The molecule has 1 aromatic carbocycles. The third-order valence-corrected chi connectivity index (χ3v) is 4.78. The highest BCUT2D eigenvalue weighted by Crippen LogP contribution is 2.28. The summed E-state index contributed by atoms with van der Waals surface area (Å²) in [5.41, 5.74) is -0.807. The van der Waals surface area contributed by atoms with Crippen molar-refractivity contribution in [3.63, 3.8) is 0 Å². The predicted molar refractivity (Wildman–Crippen MR) is 101 cm³/mol. The van der Waals surface area contributed by atoms with Gasteiger partial charge in [0, 0.05) is 25.9 Å². The third-order valence-electron chi connectivity index (χ3n) is 4.78. The molecule has 148 valence electrons. The molecule has 1 aliphatic rings. The Kier molecular flexibility index (Phi) is 5.79. The number of aromatic carboxylic acids is 1. The van der Waals surface area contributed by atoms with E-state index in [4.69, 9.17) is 4.74 Å². The molecular weight excluding hydrogens is 364 g/mol. The number of carboxylic acids is 1. The first kappa shape index (κ1) is 19.6. The second kappa shape index (κ2) is 8.26. The minimum absolute atomic E-state index is 0.182. The topological polar surface area (TPSA) is 109 Å². The van der Waals surface area contributed by atoms with E-state index in [1.165, 1.54) is 9.47 Å². The molecule has 0 saturated carbocycles. The highest BCUT2D eigenvalue weighted by Gasteiger charge is 2.35. The Labute approximate surface area is 161 Å². The molecule has 0 saturated heterocycles. The Hall–Kier alpha value is -3.13. The molecule has 0 radical (unpaired) electrons. The maximum atomic E-state index is 12.9. The highest BCUT2D eigenvalue weighted by atomic mass is 16.5. The summed E-state index contributed by atoms with van der Waals surface area (Å²) in [7, 11) is 0. The van der Waals surface area contributed by atoms with E-state index in [9.17, 15) is 24.6 Å². The van der Waals surface area contributed by atoms with E-state index in [1.807, 2.05) is 37.3 Å². The molecule has 0 bridgehead atoms. The average molecular weight is 386 g/mol. The molecule has 0 fully saturated rings. The summed E-state index contributed by atoms with van der Waals surface area (Å²) in [6.45, 7) is 3.32. The fourth-order valence-electron chi connectivity index (χ4n) is 3.41. The third kappa shape index (κ3) is 3.77. The lowest BCUT2D eigenvalue weighted by molar-refractivity contribution is 0.0550. The molecule has 2 aromatic rings. The van der Waals surface area contributed by atoms with Gasteiger partial charge in [0.1, 0.15) is 5.56 Å². The summed E-state index contributed by atoms with van der Waals surface area (Å²) in [6.07, 6.45) is 1.67. The zero-order valence-corrected chi connectivity index (χ0v) is 15.5.